The molecule has 0 aliphatic heterocycles. The lowest BCUT2D eigenvalue weighted by Gasteiger charge is -2.12. The van der Waals surface area contributed by atoms with Crippen LogP contribution < -0.4 is 10.6 Å². The number of guanidine groups is 1. The zero-order valence-corrected chi connectivity index (χ0v) is 16.4. The maximum absolute atomic E-state index is 13.6. The molecule has 25 heavy (non-hydrogen) atoms. The van der Waals surface area contributed by atoms with Crippen LogP contribution in [-0.2, 0) is 13.0 Å². The molecule has 0 radical (unpaired) electrons. The van der Waals surface area contributed by atoms with E-state index in [0.29, 0.717) is 36.6 Å². The van der Waals surface area contributed by atoms with Gasteiger partial charge in [0.25, 0.3) is 0 Å². The molecule has 0 fully saturated rings. The van der Waals surface area contributed by atoms with Crippen molar-refractivity contribution in [2.45, 2.75) is 19.9 Å². The van der Waals surface area contributed by atoms with E-state index in [1.165, 1.54) is 12.1 Å². The van der Waals surface area contributed by atoms with Crippen LogP contribution in [0.3, 0.4) is 0 Å². The van der Waals surface area contributed by atoms with Crippen molar-refractivity contribution in [3.8, 4) is 0 Å². The van der Waals surface area contributed by atoms with E-state index < -0.39 is 11.6 Å². The fourth-order valence-electron chi connectivity index (χ4n) is 2.28. The number of aryl methyl sites for hydroxylation is 1. The SMILES string of the molecule is CN=C(NCCc1cccc(F)c1F)NCc1ccc(F)c(C)c1.I. The van der Waals surface area contributed by atoms with E-state index in [4.69, 9.17) is 0 Å². The molecule has 0 saturated heterocycles. The van der Waals surface area contributed by atoms with E-state index in [0.717, 1.165) is 11.6 Å². The third-order valence-corrected chi connectivity index (χ3v) is 3.62. The van der Waals surface area contributed by atoms with Crippen LogP contribution in [0.15, 0.2) is 41.4 Å². The average Bonchev–Trinajstić information content (AvgIpc) is 2.57. The molecule has 0 aromatic heterocycles. The van der Waals surface area contributed by atoms with Crippen LogP contribution in [0.1, 0.15) is 16.7 Å². The molecule has 3 nitrogen and oxygen atoms in total. The highest BCUT2D eigenvalue weighted by Crippen LogP contribution is 2.11. The van der Waals surface area contributed by atoms with Crippen molar-refractivity contribution in [2.75, 3.05) is 13.6 Å². The molecular formula is C18H21F3IN3. The van der Waals surface area contributed by atoms with Gasteiger partial charge in [0.2, 0.25) is 0 Å². The molecular weight excluding hydrogens is 442 g/mol. The highest BCUT2D eigenvalue weighted by molar-refractivity contribution is 14.0. The van der Waals surface area contributed by atoms with Gasteiger partial charge in [-0.15, -0.1) is 24.0 Å². The number of halogens is 4. The molecule has 2 aromatic rings. The van der Waals surface area contributed by atoms with E-state index in [1.807, 2.05) is 0 Å². The van der Waals surface area contributed by atoms with Crippen molar-refractivity contribution in [2.24, 2.45) is 4.99 Å². The molecule has 0 amide bonds. The summed E-state index contributed by atoms with van der Waals surface area (Å²) < 4.78 is 39.9. The number of rotatable bonds is 5. The first-order chi connectivity index (χ1) is 11.5. The zero-order chi connectivity index (χ0) is 17.5. The normalized spacial score (nSPS) is 11.0. The minimum absolute atomic E-state index is 0. The molecule has 0 heterocycles. The Bertz CT molecular complexity index is 736. The van der Waals surface area contributed by atoms with Gasteiger partial charge in [-0.3, -0.25) is 4.99 Å². The van der Waals surface area contributed by atoms with Gasteiger partial charge < -0.3 is 10.6 Å². The van der Waals surface area contributed by atoms with E-state index in [2.05, 4.69) is 15.6 Å². The maximum atomic E-state index is 13.6. The molecule has 0 saturated carbocycles. The summed E-state index contributed by atoms with van der Waals surface area (Å²) in [5.41, 5.74) is 1.82. The number of aliphatic imine (C=N–C) groups is 1. The highest BCUT2D eigenvalue weighted by Gasteiger charge is 2.07. The predicted octanol–water partition coefficient (Wildman–Crippen LogP) is 3.94. The fourth-order valence-corrected chi connectivity index (χ4v) is 2.28. The largest absolute Gasteiger partial charge is 0.356 e. The van der Waals surface area contributed by atoms with Gasteiger partial charge in [-0.2, -0.15) is 0 Å². The van der Waals surface area contributed by atoms with Gasteiger partial charge in [0.05, 0.1) is 0 Å². The molecule has 136 valence electrons. The van der Waals surface area contributed by atoms with Crippen LogP contribution in [0.4, 0.5) is 13.2 Å². The molecule has 7 heteroatoms. The van der Waals surface area contributed by atoms with Crippen LogP contribution >= 0.6 is 24.0 Å². The van der Waals surface area contributed by atoms with Gasteiger partial charge >= 0.3 is 0 Å². The van der Waals surface area contributed by atoms with Gasteiger partial charge in [0.15, 0.2) is 17.6 Å². The summed E-state index contributed by atoms with van der Waals surface area (Å²) in [7, 11) is 1.62. The number of nitrogens with zero attached hydrogens (tertiary/aromatic N) is 1. The third-order valence-electron chi connectivity index (χ3n) is 3.62. The topological polar surface area (TPSA) is 36.4 Å². The smallest absolute Gasteiger partial charge is 0.191 e. The molecule has 0 bridgehead atoms. The van der Waals surface area contributed by atoms with Crippen molar-refractivity contribution in [3.63, 3.8) is 0 Å². The Hall–Kier alpha value is -1.77. The van der Waals surface area contributed by atoms with Crippen LogP contribution in [0.2, 0.25) is 0 Å². The standard InChI is InChI=1S/C18H20F3N3.HI/c1-12-10-13(6-7-15(12)19)11-24-18(22-2)23-9-8-14-4-3-5-16(20)17(14)21;/h3-7,10H,8-9,11H2,1-2H3,(H2,22,23,24);1H. The van der Waals surface area contributed by atoms with Crippen LogP contribution in [0, 0.1) is 24.4 Å². The van der Waals surface area contributed by atoms with Crippen LogP contribution in [-0.4, -0.2) is 19.6 Å². The second kappa shape index (κ2) is 10.3. The minimum atomic E-state index is -0.846. The molecule has 2 N–H and O–H groups in total. The van der Waals surface area contributed by atoms with Crippen molar-refractivity contribution >= 4 is 29.9 Å². The first-order valence-corrected chi connectivity index (χ1v) is 7.63. The van der Waals surface area contributed by atoms with Gasteiger partial charge in [0, 0.05) is 20.1 Å². The van der Waals surface area contributed by atoms with Crippen molar-refractivity contribution in [3.05, 3.63) is 70.5 Å². The van der Waals surface area contributed by atoms with Crippen molar-refractivity contribution in [1.82, 2.24) is 10.6 Å². The second-order valence-corrected chi connectivity index (χ2v) is 5.40. The first kappa shape index (κ1) is 21.3. The van der Waals surface area contributed by atoms with E-state index in [-0.39, 0.29) is 29.8 Å². The summed E-state index contributed by atoms with van der Waals surface area (Å²) in [5, 5.41) is 6.13. The lowest BCUT2D eigenvalue weighted by Crippen LogP contribution is -2.38. The predicted molar refractivity (Wildman–Crippen MR) is 105 cm³/mol. The van der Waals surface area contributed by atoms with Crippen molar-refractivity contribution < 1.29 is 13.2 Å². The van der Waals surface area contributed by atoms with E-state index in [9.17, 15) is 13.2 Å². The number of hydrogen-bond acceptors (Lipinski definition) is 1. The molecule has 0 aliphatic rings. The second-order valence-electron chi connectivity index (χ2n) is 5.40. The molecule has 0 aliphatic carbocycles. The summed E-state index contributed by atoms with van der Waals surface area (Å²) in [6.07, 6.45) is 0.333. The maximum Gasteiger partial charge on any atom is 0.191 e. The lowest BCUT2D eigenvalue weighted by molar-refractivity contribution is 0.498. The summed E-state index contributed by atoms with van der Waals surface area (Å²) in [6, 6.07) is 9.02. The molecule has 0 atom stereocenters. The number of benzene rings is 2. The van der Waals surface area contributed by atoms with E-state index in [1.54, 1.807) is 32.2 Å². The van der Waals surface area contributed by atoms with E-state index >= 15 is 0 Å². The van der Waals surface area contributed by atoms with Crippen molar-refractivity contribution in [1.29, 1.82) is 0 Å². The van der Waals surface area contributed by atoms with Crippen LogP contribution in [0.25, 0.3) is 0 Å². The monoisotopic (exact) mass is 463 g/mol. The average molecular weight is 463 g/mol. The lowest BCUT2D eigenvalue weighted by atomic mass is 10.1. The molecule has 2 rings (SSSR count). The number of hydrogen-bond donors (Lipinski definition) is 2. The highest BCUT2D eigenvalue weighted by atomic mass is 127. The fraction of sp³-hybridized carbons (Fsp3) is 0.278. The van der Waals surface area contributed by atoms with Crippen LogP contribution in [0.5, 0.6) is 0 Å². The van der Waals surface area contributed by atoms with Gasteiger partial charge in [-0.05, 0) is 42.2 Å². The Balaban J connectivity index is 0.00000312. The Kier molecular flexibility index (Phi) is 8.74. The first-order valence-electron chi connectivity index (χ1n) is 7.63. The zero-order valence-electron chi connectivity index (χ0n) is 14.1. The third kappa shape index (κ3) is 6.22. The Morgan fingerprint density at radius 1 is 1.04 bits per heavy atom. The minimum Gasteiger partial charge on any atom is -0.356 e. The van der Waals surface area contributed by atoms with Gasteiger partial charge in [-0.25, -0.2) is 13.2 Å². The summed E-state index contributed by atoms with van der Waals surface area (Å²) in [4.78, 5) is 4.07. The molecule has 0 spiro atoms. The Morgan fingerprint density at radius 2 is 1.80 bits per heavy atom. The quantitative estimate of drug-likeness (QED) is 0.401. The Morgan fingerprint density at radius 3 is 2.48 bits per heavy atom. The summed E-state index contributed by atoms with van der Waals surface area (Å²) in [5.74, 6) is -1.36. The molecule has 0 unspecified atom stereocenters. The summed E-state index contributed by atoms with van der Waals surface area (Å²) in [6.45, 7) is 2.59. The number of nitrogens with one attached hydrogen (secondary N) is 2. The van der Waals surface area contributed by atoms with Gasteiger partial charge in [0.1, 0.15) is 5.82 Å². The summed E-state index contributed by atoms with van der Waals surface area (Å²) >= 11 is 0. The Labute approximate surface area is 162 Å². The molecule has 2 aromatic carbocycles. The van der Waals surface area contributed by atoms with Gasteiger partial charge in [-0.1, -0.05) is 24.3 Å².